The summed E-state index contributed by atoms with van der Waals surface area (Å²) >= 11 is 0. The van der Waals surface area contributed by atoms with E-state index in [2.05, 4.69) is 12.3 Å². The summed E-state index contributed by atoms with van der Waals surface area (Å²) in [7, 11) is 0. The molecule has 0 aliphatic carbocycles. The summed E-state index contributed by atoms with van der Waals surface area (Å²) in [5.74, 6) is -2.26. The van der Waals surface area contributed by atoms with E-state index in [9.17, 15) is 14.4 Å². The van der Waals surface area contributed by atoms with Gasteiger partial charge in [0.05, 0.1) is 24.6 Å². The molecule has 0 aromatic heterocycles. The molecule has 1 aliphatic rings. The van der Waals surface area contributed by atoms with Crippen LogP contribution in [0.15, 0.2) is 60.3 Å². The molecule has 26 heavy (non-hydrogen) atoms. The number of ether oxygens (including phenoxy) is 1. The molecule has 0 spiro atoms. The van der Waals surface area contributed by atoms with E-state index in [0.29, 0.717) is 0 Å². The molecule has 1 atom stereocenters. The lowest BCUT2D eigenvalue weighted by atomic mass is 9.98. The number of carbonyl (C=O) groups excluding carboxylic acids is 3. The van der Waals surface area contributed by atoms with Crippen molar-refractivity contribution < 1.29 is 19.1 Å². The summed E-state index contributed by atoms with van der Waals surface area (Å²) in [6, 6.07) is 13.6. The fourth-order valence-corrected chi connectivity index (χ4v) is 3.22. The standard InChI is InChI=1S/C21H19NO4/c1-3-16(21(25)26-4-2)18-12-19(23)22(20(18)24)13-15-10-7-9-14-8-5-6-11-17(14)15/h5-11,18H,1,4,12-13H2,2H3/t18-/m0/s1. The van der Waals surface area contributed by atoms with Gasteiger partial charge in [-0.05, 0) is 23.3 Å². The molecule has 1 fully saturated rings. The Hall–Kier alpha value is -3.17. The van der Waals surface area contributed by atoms with Crippen molar-refractivity contribution in [2.45, 2.75) is 19.9 Å². The van der Waals surface area contributed by atoms with Gasteiger partial charge in [0.15, 0.2) is 0 Å². The Balaban J connectivity index is 1.88. The number of amides is 2. The van der Waals surface area contributed by atoms with E-state index in [4.69, 9.17) is 4.74 Å². The Morgan fingerprint density at radius 3 is 2.69 bits per heavy atom. The summed E-state index contributed by atoms with van der Waals surface area (Å²) in [5.41, 5.74) is 3.39. The molecule has 2 aromatic carbocycles. The first-order valence-corrected chi connectivity index (χ1v) is 8.44. The van der Waals surface area contributed by atoms with Crippen LogP contribution in [0, 0.1) is 5.92 Å². The zero-order chi connectivity index (χ0) is 18.7. The summed E-state index contributed by atoms with van der Waals surface area (Å²) < 4.78 is 4.94. The molecule has 0 saturated carbocycles. The van der Waals surface area contributed by atoms with Crippen LogP contribution in [0.1, 0.15) is 18.9 Å². The van der Waals surface area contributed by atoms with E-state index < -0.39 is 17.8 Å². The first-order valence-electron chi connectivity index (χ1n) is 8.44. The second kappa shape index (κ2) is 7.38. The lowest BCUT2D eigenvalue weighted by molar-refractivity contribution is -0.143. The van der Waals surface area contributed by atoms with Crippen molar-refractivity contribution in [3.05, 3.63) is 65.9 Å². The van der Waals surface area contributed by atoms with Crippen LogP contribution in [0.3, 0.4) is 0 Å². The zero-order valence-corrected chi connectivity index (χ0v) is 14.5. The molecule has 1 heterocycles. The van der Waals surface area contributed by atoms with E-state index in [1.807, 2.05) is 42.5 Å². The van der Waals surface area contributed by atoms with Gasteiger partial charge in [0, 0.05) is 6.42 Å². The van der Waals surface area contributed by atoms with Gasteiger partial charge < -0.3 is 4.74 Å². The van der Waals surface area contributed by atoms with Crippen molar-refractivity contribution >= 4 is 28.6 Å². The average molecular weight is 349 g/mol. The summed E-state index contributed by atoms with van der Waals surface area (Å²) in [5, 5.41) is 2.03. The Bertz CT molecular complexity index is 935. The maximum Gasteiger partial charge on any atom is 0.342 e. The molecule has 0 unspecified atom stereocenters. The maximum absolute atomic E-state index is 12.8. The van der Waals surface area contributed by atoms with Crippen molar-refractivity contribution in [3.8, 4) is 0 Å². The third-order valence-corrected chi connectivity index (χ3v) is 4.49. The Morgan fingerprint density at radius 2 is 1.96 bits per heavy atom. The van der Waals surface area contributed by atoms with Gasteiger partial charge in [0.25, 0.3) is 0 Å². The highest BCUT2D eigenvalue weighted by Crippen LogP contribution is 2.29. The zero-order valence-electron chi connectivity index (χ0n) is 14.5. The Labute approximate surface area is 151 Å². The first kappa shape index (κ1) is 17.6. The molecule has 3 rings (SSSR count). The monoisotopic (exact) mass is 349 g/mol. The summed E-state index contributed by atoms with van der Waals surface area (Å²) in [6.07, 6.45) is -0.0692. The topological polar surface area (TPSA) is 63.7 Å². The minimum Gasteiger partial charge on any atom is -0.462 e. The van der Waals surface area contributed by atoms with Crippen LogP contribution in [-0.4, -0.2) is 29.3 Å². The fraction of sp³-hybridized carbons (Fsp3) is 0.238. The van der Waals surface area contributed by atoms with Crippen LogP contribution in [0.2, 0.25) is 0 Å². The van der Waals surface area contributed by atoms with Crippen molar-refractivity contribution in [2.24, 2.45) is 5.92 Å². The SMILES string of the molecule is C=C=C(C(=O)OCC)[C@@H]1CC(=O)N(Cc2cccc3ccccc23)C1=O. The number of likely N-dealkylation sites (tertiary alicyclic amines) is 1. The maximum atomic E-state index is 12.8. The largest absolute Gasteiger partial charge is 0.462 e. The van der Waals surface area contributed by atoms with Gasteiger partial charge in [0.1, 0.15) is 0 Å². The van der Waals surface area contributed by atoms with E-state index in [1.165, 1.54) is 4.90 Å². The van der Waals surface area contributed by atoms with Gasteiger partial charge in [-0.1, -0.05) is 49.0 Å². The molecule has 2 aromatic rings. The van der Waals surface area contributed by atoms with Crippen molar-refractivity contribution in [2.75, 3.05) is 6.61 Å². The normalized spacial score (nSPS) is 16.7. The predicted octanol–water partition coefficient (Wildman–Crippen LogP) is 2.99. The number of benzene rings is 2. The van der Waals surface area contributed by atoms with Crippen LogP contribution in [0.4, 0.5) is 0 Å². The van der Waals surface area contributed by atoms with E-state index in [1.54, 1.807) is 6.92 Å². The van der Waals surface area contributed by atoms with Crippen molar-refractivity contribution in [1.29, 1.82) is 0 Å². The molecular formula is C21H19NO4. The minimum absolute atomic E-state index is 0.0191. The van der Waals surface area contributed by atoms with E-state index in [0.717, 1.165) is 16.3 Å². The molecule has 0 bridgehead atoms. The third-order valence-electron chi connectivity index (χ3n) is 4.49. The lowest BCUT2D eigenvalue weighted by Gasteiger charge is -2.17. The molecule has 132 valence electrons. The number of esters is 1. The molecular weight excluding hydrogens is 330 g/mol. The highest BCUT2D eigenvalue weighted by Gasteiger charge is 2.43. The molecule has 1 saturated heterocycles. The van der Waals surface area contributed by atoms with Crippen LogP contribution in [0.5, 0.6) is 0 Å². The smallest absolute Gasteiger partial charge is 0.342 e. The van der Waals surface area contributed by atoms with E-state index in [-0.39, 0.29) is 31.1 Å². The quantitative estimate of drug-likeness (QED) is 0.360. The fourth-order valence-electron chi connectivity index (χ4n) is 3.22. The highest BCUT2D eigenvalue weighted by molar-refractivity contribution is 6.09. The van der Waals surface area contributed by atoms with Crippen LogP contribution >= 0.6 is 0 Å². The van der Waals surface area contributed by atoms with Crippen LogP contribution in [0.25, 0.3) is 10.8 Å². The van der Waals surface area contributed by atoms with E-state index >= 15 is 0 Å². The number of hydrogen-bond donors (Lipinski definition) is 0. The number of nitrogens with zero attached hydrogens (tertiary/aromatic N) is 1. The number of carbonyl (C=O) groups is 3. The van der Waals surface area contributed by atoms with Gasteiger partial charge in [0.2, 0.25) is 11.8 Å². The molecule has 5 nitrogen and oxygen atoms in total. The third kappa shape index (κ3) is 3.17. The van der Waals surface area contributed by atoms with Gasteiger partial charge in [-0.25, -0.2) is 4.79 Å². The average Bonchev–Trinajstić information content (AvgIpc) is 2.91. The summed E-state index contributed by atoms with van der Waals surface area (Å²) in [6.45, 7) is 5.50. The molecule has 1 aliphatic heterocycles. The molecule has 0 radical (unpaired) electrons. The number of hydrogen-bond acceptors (Lipinski definition) is 4. The molecule has 0 N–H and O–H groups in total. The Kier molecular flexibility index (Phi) is 5.01. The summed E-state index contributed by atoms with van der Waals surface area (Å²) in [4.78, 5) is 38.4. The van der Waals surface area contributed by atoms with Gasteiger partial charge in [-0.15, -0.1) is 5.73 Å². The molecule has 5 heteroatoms. The number of imide groups is 1. The van der Waals surface area contributed by atoms with Gasteiger partial charge in [-0.3, -0.25) is 14.5 Å². The molecule has 2 amide bonds. The minimum atomic E-state index is -0.881. The number of fused-ring (bicyclic) bond motifs is 1. The highest BCUT2D eigenvalue weighted by atomic mass is 16.5. The van der Waals surface area contributed by atoms with Gasteiger partial charge >= 0.3 is 5.97 Å². The second-order valence-corrected chi connectivity index (χ2v) is 6.02. The van der Waals surface area contributed by atoms with Gasteiger partial charge in [-0.2, -0.15) is 0 Å². The van der Waals surface area contributed by atoms with Crippen molar-refractivity contribution in [3.63, 3.8) is 0 Å². The predicted molar refractivity (Wildman–Crippen MR) is 96.9 cm³/mol. The Morgan fingerprint density at radius 1 is 1.23 bits per heavy atom. The van der Waals surface area contributed by atoms with Crippen molar-refractivity contribution in [1.82, 2.24) is 4.90 Å². The lowest BCUT2D eigenvalue weighted by Crippen LogP contribution is -2.31. The first-order chi connectivity index (χ1) is 12.6. The second-order valence-electron chi connectivity index (χ2n) is 6.02. The van der Waals surface area contributed by atoms with Crippen LogP contribution in [-0.2, 0) is 25.7 Å². The number of rotatable bonds is 5. The van der Waals surface area contributed by atoms with Crippen LogP contribution < -0.4 is 0 Å².